The van der Waals surface area contributed by atoms with Crippen molar-refractivity contribution < 1.29 is 4.74 Å². The molecule has 0 bridgehead atoms. The van der Waals surface area contributed by atoms with Gasteiger partial charge in [0, 0.05) is 50.6 Å². The first-order valence-corrected chi connectivity index (χ1v) is 22.0. The second-order valence-electron chi connectivity index (χ2n) is 16.8. The lowest BCUT2D eigenvalue weighted by Crippen LogP contribution is -2.32. The molecule has 3 nitrogen and oxygen atoms in total. The lowest BCUT2D eigenvalue weighted by molar-refractivity contribution is 0.436. The summed E-state index contributed by atoms with van der Waals surface area (Å²) in [5, 5.41) is 7.25. The number of nitrogens with zero attached hydrogens (tertiary/aromatic N) is 2. The molecule has 0 radical (unpaired) electrons. The van der Waals surface area contributed by atoms with Crippen LogP contribution in [0.4, 0.5) is 34.1 Å². The third kappa shape index (κ3) is 5.28. The Morgan fingerprint density at radius 1 is 0.297 bits per heavy atom. The van der Waals surface area contributed by atoms with Gasteiger partial charge in [0.25, 0.3) is 0 Å². The molecule has 1 aliphatic heterocycles. The van der Waals surface area contributed by atoms with Crippen LogP contribution in [0.5, 0.6) is 11.5 Å². The molecule has 1 unspecified atom stereocenters. The predicted octanol–water partition coefficient (Wildman–Crippen LogP) is 16.6. The van der Waals surface area contributed by atoms with Crippen LogP contribution in [0.1, 0.15) is 22.3 Å². The molecule has 2 aliphatic rings. The van der Waals surface area contributed by atoms with Crippen LogP contribution in [-0.2, 0) is 5.41 Å². The second-order valence-corrected chi connectivity index (χ2v) is 16.8. The van der Waals surface area contributed by atoms with Crippen molar-refractivity contribution in [3.63, 3.8) is 0 Å². The summed E-state index contributed by atoms with van der Waals surface area (Å²) in [4.78, 5) is 4.85. The maximum Gasteiger partial charge on any atom is 0.134 e. The van der Waals surface area contributed by atoms with E-state index in [1.165, 1.54) is 54.6 Å². The zero-order valence-corrected chi connectivity index (χ0v) is 34.9. The normalized spacial score (nSPS) is 14.4. The van der Waals surface area contributed by atoms with E-state index in [0.717, 1.165) is 56.8 Å². The van der Waals surface area contributed by atoms with Crippen LogP contribution in [0.2, 0.25) is 0 Å². The summed E-state index contributed by atoms with van der Waals surface area (Å²) in [5.74, 6) is 1.70. The molecule has 0 fully saturated rings. The molecular weight excluding hydrogens is 777 g/mol. The second kappa shape index (κ2) is 14.3. The van der Waals surface area contributed by atoms with E-state index >= 15 is 0 Å². The molecule has 300 valence electrons. The van der Waals surface area contributed by atoms with Gasteiger partial charge < -0.3 is 14.5 Å². The van der Waals surface area contributed by atoms with E-state index in [2.05, 4.69) is 252 Å². The van der Waals surface area contributed by atoms with Crippen LogP contribution < -0.4 is 14.5 Å². The van der Waals surface area contributed by atoms with E-state index in [1.807, 2.05) is 0 Å². The molecule has 0 amide bonds. The van der Waals surface area contributed by atoms with Crippen LogP contribution >= 0.6 is 0 Å². The van der Waals surface area contributed by atoms with E-state index in [1.54, 1.807) is 0 Å². The first-order valence-electron chi connectivity index (χ1n) is 22.0. The summed E-state index contributed by atoms with van der Waals surface area (Å²) in [6, 6.07) is 88.1. The van der Waals surface area contributed by atoms with Gasteiger partial charge in [-0.15, -0.1) is 0 Å². The predicted molar refractivity (Wildman–Crippen MR) is 266 cm³/mol. The molecule has 1 heterocycles. The fourth-order valence-electron chi connectivity index (χ4n) is 10.9. The summed E-state index contributed by atoms with van der Waals surface area (Å²) in [5.41, 5.74) is 13.1. The zero-order valence-electron chi connectivity index (χ0n) is 34.9. The first kappa shape index (κ1) is 36.3. The minimum Gasteiger partial charge on any atom is -0.457 e. The Hall–Kier alpha value is -8.40. The average Bonchev–Trinajstić information content (AvgIpc) is 3.66. The molecule has 0 saturated carbocycles. The molecule has 0 saturated heterocycles. The Kier molecular flexibility index (Phi) is 8.13. The van der Waals surface area contributed by atoms with Gasteiger partial charge in [-0.05, 0) is 92.8 Å². The molecule has 64 heavy (non-hydrogen) atoms. The number of ether oxygens (including phenoxy) is 1. The molecule has 11 aromatic rings. The zero-order chi connectivity index (χ0) is 42.2. The van der Waals surface area contributed by atoms with Gasteiger partial charge in [0.1, 0.15) is 11.5 Å². The third-order valence-corrected chi connectivity index (χ3v) is 13.4. The summed E-state index contributed by atoms with van der Waals surface area (Å²) in [7, 11) is 0. The van der Waals surface area contributed by atoms with Gasteiger partial charge in [-0.2, -0.15) is 0 Å². The Morgan fingerprint density at radius 2 is 0.859 bits per heavy atom. The van der Waals surface area contributed by atoms with Crippen molar-refractivity contribution in [2.45, 2.75) is 5.41 Å². The minimum atomic E-state index is -0.668. The molecule has 1 spiro atoms. The Morgan fingerprint density at radius 3 is 1.67 bits per heavy atom. The average molecular weight is 817 g/mol. The fourth-order valence-corrected chi connectivity index (χ4v) is 10.9. The van der Waals surface area contributed by atoms with Crippen LogP contribution in [0.25, 0.3) is 43.4 Å². The maximum atomic E-state index is 7.14. The van der Waals surface area contributed by atoms with Gasteiger partial charge in [-0.1, -0.05) is 182 Å². The number of para-hydroxylation sites is 3. The topological polar surface area (TPSA) is 15.7 Å². The highest BCUT2D eigenvalue weighted by Crippen LogP contribution is 2.64. The highest BCUT2D eigenvalue weighted by Gasteiger charge is 2.52. The third-order valence-electron chi connectivity index (χ3n) is 13.4. The van der Waals surface area contributed by atoms with E-state index in [4.69, 9.17) is 4.74 Å². The van der Waals surface area contributed by atoms with E-state index in [-0.39, 0.29) is 0 Å². The van der Waals surface area contributed by atoms with Crippen molar-refractivity contribution in [2.75, 3.05) is 9.80 Å². The van der Waals surface area contributed by atoms with Gasteiger partial charge in [0.15, 0.2) is 0 Å². The standard InChI is InChI=1S/C61H40N2O/c1-3-22-43(23-4-1)62(57-39-42-20-8-9-26-46(42)48-28-11-12-29-49(48)57)45-37-38-53-59(40-45)64-58-36-16-15-32-52(58)61(53)51-31-14-13-30-50(51)60-54(61)33-18-35-56(60)63(44-24-5-2-6-25-44)55-34-17-21-41-19-7-10-27-47(41)55/h1-40H. The van der Waals surface area contributed by atoms with Crippen molar-refractivity contribution >= 4 is 66.4 Å². The number of hydrogen-bond donors (Lipinski definition) is 0. The van der Waals surface area contributed by atoms with Crippen molar-refractivity contribution in [3.05, 3.63) is 265 Å². The molecular formula is C61H40N2O. The SMILES string of the molecule is c1ccc(N(c2cccc3c2-c2ccccc2C32c3ccccc3Oc3cc(N(c4ccccc4)c4cc5ccccc5c5ccccc45)ccc32)c2cccc3ccccc23)cc1. The molecule has 11 aromatic carbocycles. The van der Waals surface area contributed by atoms with Gasteiger partial charge in [0.05, 0.1) is 22.5 Å². The highest BCUT2D eigenvalue weighted by molar-refractivity contribution is 6.14. The van der Waals surface area contributed by atoms with Gasteiger partial charge >= 0.3 is 0 Å². The van der Waals surface area contributed by atoms with Crippen molar-refractivity contribution in [3.8, 4) is 22.6 Å². The van der Waals surface area contributed by atoms with Crippen molar-refractivity contribution in [2.24, 2.45) is 0 Å². The largest absolute Gasteiger partial charge is 0.457 e. The number of fused-ring (bicyclic) bond motifs is 13. The molecule has 1 atom stereocenters. The summed E-state index contributed by atoms with van der Waals surface area (Å²) in [6.45, 7) is 0. The first-order chi connectivity index (χ1) is 31.8. The number of anilines is 6. The minimum absolute atomic E-state index is 0.668. The molecule has 0 N–H and O–H groups in total. The monoisotopic (exact) mass is 816 g/mol. The summed E-state index contributed by atoms with van der Waals surface area (Å²) >= 11 is 0. The quantitative estimate of drug-likeness (QED) is 0.156. The molecule has 1 aliphatic carbocycles. The number of hydrogen-bond acceptors (Lipinski definition) is 3. The van der Waals surface area contributed by atoms with Crippen LogP contribution in [-0.4, -0.2) is 0 Å². The summed E-state index contributed by atoms with van der Waals surface area (Å²) < 4.78 is 7.14. The van der Waals surface area contributed by atoms with E-state index in [0.29, 0.717) is 0 Å². The summed E-state index contributed by atoms with van der Waals surface area (Å²) in [6.07, 6.45) is 0. The molecule has 0 aromatic heterocycles. The van der Waals surface area contributed by atoms with Crippen molar-refractivity contribution in [1.29, 1.82) is 0 Å². The Bertz CT molecular complexity index is 3610. The maximum absolute atomic E-state index is 7.14. The van der Waals surface area contributed by atoms with Gasteiger partial charge in [0.2, 0.25) is 0 Å². The lowest BCUT2D eigenvalue weighted by atomic mass is 9.66. The Balaban J connectivity index is 1.08. The smallest absolute Gasteiger partial charge is 0.134 e. The van der Waals surface area contributed by atoms with Crippen LogP contribution in [0.15, 0.2) is 243 Å². The molecule has 3 heteroatoms. The lowest BCUT2D eigenvalue weighted by Gasteiger charge is -2.40. The number of rotatable bonds is 6. The number of benzene rings is 11. The van der Waals surface area contributed by atoms with Gasteiger partial charge in [-0.3, -0.25) is 0 Å². The Labute approximate surface area is 372 Å². The van der Waals surface area contributed by atoms with Crippen molar-refractivity contribution in [1.82, 2.24) is 0 Å². The van der Waals surface area contributed by atoms with Crippen LogP contribution in [0, 0.1) is 0 Å². The van der Waals surface area contributed by atoms with E-state index < -0.39 is 5.41 Å². The van der Waals surface area contributed by atoms with Gasteiger partial charge in [-0.25, -0.2) is 0 Å². The van der Waals surface area contributed by atoms with Crippen LogP contribution in [0.3, 0.4) is 0 Å². The fraction of sp³-hybridized carbons (Fsp3) is 0.0164. The van der Waals surface area contributed by atoms with E-state index in [9.17, 15) is 0 Å². The molecule has 13 rings (SSSR count). The highest BCUT2D eigenvalue weighted by atomic mass is 16.5.